The highest BCUT2D eigenvalue weighted by Gasteiger charge is 2.46. The fourth-order valence-corrected chi connectivity index (χ4v) is 4.68. The van der Waals surface area contributed by atoms with E-state index in [0.29, 0.717) is 0 Å². The van der Waals surface area contributed by atoms with Crippen LogP contribution in [0.15, 0.2) is 66.1 Å². The predicted molar refractivity (Wildman–Crippen MR) is 110 cm³/mol. The minimum Gasteiger partial charge on any atom is -0.324 e. The number of hydrogen-bond acceptors (Lipinski definition) is 2. The van der Waals surface area contributed by atoms with E-state index in [9.17, 15) is 0 Å². The highest BCUT2D eigenvalue weighted by molar-refractivity contribution is 5.64. The molecule has 2 aliphatic heterocycles. The van der Waals surface area contributed by atoms with Crippen LogP contribution in [0, 0.1) is 26.2 Å². The minimum absolute atomic E-state index is 0.0519. The van der Waals surface area contributed by atoms with Crippen LogP contribution in [0.1, 0.15) is 49.2 Å². The lowest BCUT2D eigenvalue weighted by atomic mass is 9.90. The van der Waals surface area contributed by atoms with Gasteiger partial charge in [-0.1, -0.05) is 56.3 Å². The second-order valence-electron chi connectivity index (χ2n) is 8.21. The van der Waals surface area contributed by atoms with Crippen LogP contribution in [-0.2, 0) is 0 Å². The van der Waals surface area contributed by atoms with Gasteiger partial charge in [0, 0.05) is 34.3 Å². The largest absolute Gasteiger partial charge is 0.324 e. The quantitative estimate of drug-likeness (QED) is 0.638. The van der Waals surface area contributed by atoms with Crippen molar-refractivity contribution < 1.29 is 0 Å². The zero-order valence-corrected chi connectivity index (χ0v) is 16.7. The number of rotatable bonds is 2. The topological polar surface area (TPSA) is 6.48 Å². The van der Waals surface area contributed by atoms with Crippen LogP contribution in [0.25, 0.3) is 0 Å². The summed E-state index contributed by atoms with van der Waals surface area (Å²) in [6.45, 7) is 13.6. The molecule has 0 saturated heterocycles. The molecule has 0 radical (unpaired) electrons. The van der Waals surface area contributed by atoms with Crippen molar-refractivity contribution in [3.05, 3.63) is 88.4 Å². The summed E-state index contributed by atoms with van der Waals surface area (Å²) in [4.78, 5) is 5.02. The second-order valence-corrected chi connectivity index (χ2v) is 8.21. The summed E-state index contributed by atoms with van der Waals surface area (Å²) in [7, 11) is 0. The Morgan fingerprint density at radius 2 is 1.42 bits per heavy atom. The zero-order valence-electron chi connectivity index (χ0n) is 16.7. The van der Waals surface area contributed by atoms with E-state index in [1.54, 1.807) is 0 Å². The Labute approximate surface area is 157 Å². The number of hydrogen-bond donors (Lipinski definition) is 0. The van der Waals surface area contributed by atoms with E-state index < -0.39 is 0 Å². The third-order valence-corrected chi connectivity index (χ3v) is 5.91. The van der Waals surface area contributed by atoms with E-state index in [4.69, 9.17) is 0 Å². The molecule has 0 fully saturated rings. The average Bonchev–Trinajstić information content (AvgIpc) is 3.04. The smallest absolute Gasteiger partial charge is 0.136 e. The number of anilines is 1. The van der Waals surface area contributed by atoms with Gasteiger partial charge in [-0.05, 0) is 50.5 Å². The summed E-state index contributed by atoms with van der Waals surface area (Å²) in [6, 6.07) is 15.3. The summed E-state index contributed by atoms with van der Waals surface area (Å²) in [5.41, 5.74) is 9.52. The fourth-order valence-electron chi connectivity index (χ4n) is 4.68. The normalized spacial score (nSPS) is 20.9. The van der Waals surface area contributed by atoms with Gasteiger partial charge in [-0.25, -0.2) is 0 Å². The predicted octanol–water partition coefficient (Wildman–Crippen LogP) is 6.22. The summed E-state index contributed by atoms with van der Waals surface area (Å²) in [5, 5.41) is 0. The summed E-state index contributed by atoms with van der Waals surface area (Å²) in [5.74, 6) is 0. The molecule has 0 amide bonds. The lowest BCUT2D eigenvalue weighted by molar-refractivity contribution is 0.352. The van der Waals surface area contributed by atoms with Crippen molar-refractivity contribution in [2.24, 2.45) is 5.41 Å². The molecule has 1 unspecified atom stereocenters. The first-order chi connectivity index (χ1) is 12.3. The standard InChI is InChI=1S/C24H28N2/c1-16-10-7-8-13-20(16)26-19(4)22-24(5,6)14-15-25(22)23(26)21-17(2)11-9-12-18(21)3/h7-15,23H,1-6H3. The molecule has 2 nitrogen and oxygen atoms in total. The van der Waals surface area contributed by atoms with Crippen LogP contribution in [0.4, 0.5) is 5.69 Å². The maximum atomic E-state index is 2.53. The highest BCUT2D eigenvalue weighted by Crippen LogP contribution is 2.53. The van der Waals surface area contributed by atoms with Crippen molar-refractivity contribution in [1.29, 1.82) is 0 Å². The summed E-state index contributed by atoms with van der Waals surface area (Å²) >= 11 is 0. The van der Waals surface area contributed by atoms with Gasteiger partial charge in [0.25, 0.3) is 0 Å². The molecule has 26 heavy (non-hydrogen) atoms. The summed E-state index contributed by atoms with van der Waals surface area (Å²) < 4.78 is 0. The Bertz CT molecular complexity index is 913. The van der Waals surface area contributed by atoms with E-state index in [-0.39, 0.29) is 11.6 Å². The average molecular weight is 345 g/mol. The van der Waals surface area contributed by atoms with Crippen molar-refractivity contribution >= 4 is 5.69 Å². The second kappa shape index (κ2) is 5.77. The van der Waals surface area contributed by atoms with Crippen molar-refractivity contribution in [1.82, 2.24) is 4.90 Å². The molecule has 1 atom stereocenters. The molecular formula is C24H28N2. The number of aryl methyl sites for hydroxylation is 3. The maximum Gasteiger partial charge on any atom is 0.136 e. The molecule has 4 rings (SSSR count). The van der Waals surface area contributed by atoms with Crippen molar-refractivity contribution in [2.45, 2.75) is 47.7 Å². The van der Waals surface area contributed by atoms with Gasteiger partial charge in [0.1, 0.15) is 6.17 Å². The molecule has 0 spiro atoms. The van der Waals surface area contributed by atoms with Crippen LogP contribution in [0.5, 0.6) is 0 Å². The number of allylic oxidation sites excluding steroid dienone is 2. The van der Waals surface area contributed by atoms with E-state index in [0.717, 1.165) is 0 Å². The van der Waals surface area contributed by atoms with Crippen molar-refractivity contribution in [2.75, 3.05) is 4.90 Å². The van der Waals surface area contributed by atoms with Gasteiger partial charge in [-0.15, -0.1) is 0 Å². The fraction of sp³-hybridized carbons (Fsp3) is 0.333. The van der Waals surface area contributed by atoms with E-state index in [2.05, 4.69) is 106 Å². The molecule has 2 aromatic carbocycles. The summed E-state index contributed by atoms with van der Waals surface area (Å²) in [6.07, 6.45) is 4.79. The monoisotopic (exact) mass is 344 g/mol. The lowest BCUT2D eigenvalue weighted by Crippen LogP contribution is -2.31. The van der Waals surface area contributed by atoms with Crippen LogP contribution in [0.3, 0.4) is 0 Å². The molecule has 134 valence electrons. The van der Waals surface area contributed by atoms with Gasteiger partial charge in [-0.3, -0.25) is 0 Å². The molecule has 0 N–H and O–H groups in total. The third-order valence-electron chi connectivity index (χ3n) is 5.91. The number of nitrogens with zero attached hydrogens (tertiary/aromatic N) is 2. The SMILES string of the molecule is CC1=C2N(C=CC2(C)C)C(c2c(C)cccc2C)N1c1ccccc1C. The van der Waals surface area contributed by atoms with Gasteiger partial charge in [0.2, 0.25) is 0 Å². The van der Waals surface area contributed by atoms with Crippen molar-refractivity contribution in [3.63, 3.8) is 0 Å². The van der Waals surface area contributed by atoms with Crippen LogP contribution in [-0.4, -0.2) is 4.90 Å². The number of fused-ring (bicyclic) bond motifs is 1. The lowest BCUT2D eigenvalue weighted by Gasteiger charge is -2.35. The van der Waals surface area contributed by atoms with Gasteiger partial charge in [0.15, 0.2) is 0 Å². The van der Waals surface area contributed by atoms with Crippen molar-refractivity contribution in [3.8, 4) is 0 Å². The van der Waals surface area contributed by atoms with E-state index in [1.165, 1.54) is 39.3 Å². The molecule has 0 aliphatic carbocycles. The zero-order chi connectivity index (χ0) is 18.6. The first-order valence-electron chi connectivity index (χ1n) is 9.43. The number of benzene rings is 2. The van der Waals surface area contributed by atoms with E-state index in [1.807, 2.05) is 0 Å². The Morgan fingerprint density at radius 1 is 0.808 bits per heavy atom. The maximum absolute atomic E-state index is 2.53. The van der Waals surface area contributed by atoms with Gasteiger partial charge in [0.05, 0.1) is 0 Å². The molecule has 2 aromatic rings. The first kappa shape index (κ1) is 17.0. The molecular weight excluding hydrogens is 316 g/mol. The molecule has 0 bridgehead atoms. The van der Waals surface area contributed by atoms with Gasteiger partial charge >= 0.3 is 0 Å². The Kier molecular flexibility index (Phi) is 3.76. The number of para-hydroxylation sites is 1. The van der Waals surface area contributed by atoms with Gasteiger partial charge < -0.3 is 9.80 Å². The van der Waals surface area contributed by atoms with Crippen LogP contribution in [0.2, 0.25) is 0 Å². The molecule has 0 saturated carbocycles. The Morgan fingerprint density at radius 3 is 2.08 bits per heavy atom. The molecule has 0 aromatic heterocycles. The Hall–Kier alpha value is -2.48. The first-order valence-corrected chi connectivity index (χ1v) is 9.43. The minimum atomic E-state index is 0.0519. The highest BCUT2D eigenvalue weighted by atomic mass is 15.4. The van der Waals surface area contributed by atoms with Crippen LogP contribution < -0.4 is 4.90 Å². The molecule has 2 aliphatic rings. The Balaban J connectivity index is 1.97. The van der Waals surface area contributed by atoms with E-state index >= 15 is 0 Å². The third kappa shape index (κ3) is 2.32. The van der Waals surface area contributed by atoms with Crippen LogP contribution >= 0.6 is 0 Å². The van der Waals surface area contributed by atoms with Gasteiger partial charge in [-0.2, -0.15) is 0 Å². The molecule has 2 heteroatoms. The molecule has 2 heterocycles.